The minimum Gasteiger partial charge on any atom is -0.341 e. The van der Waals surface area contributed by atoms with Gasteiger partial charge in [0, 0.05) is 19.1 Å². The molecule has 1 atom stereocenters. The number of nitrogens with zero attached hydrogens (tertiary/aromatic N) is 1. The van der Waals surface area contributed by atoms with Crippen molar-refractivity contribution in [2.75, 3.05) is 13.1 Å². The van der Waals surface area contributed by atoms with Crippen molar-refractivity contribution in [3.8, 4) is 0 Å². The zero-order valence-electron chi connectivity index (χ0n) is 9.13. The van der Waals surface area contributed by atoms with Gasteiger partial charge in [-0.1, -0.05) is 30.3 Å². The molecule has 0 aliphatic carbocycles. The summed E-state index contributed by atoms with van der Waals surface area (Å²) in [5.74, 6) is 0.189. The Morgan fingerprint density at radius 3 is 2.62 bits per heavy atom. The van der Waals surface area contributed by atoms with Crippen LogP contribution in [0, 0.1) is 0 Å². The molecule has 1 aromatic rings. The van der Waals surface area contributed by atoms with E-state index in [-0.39, 0.29) is 24.4 Å². The number of nitrogens with two attached hydrogens (primary N) is 1. The average molecular weight is 241 g/mol. The third-order valence-corrected chi connectivity index (χ3v) is 2.78. The highest BCUT2D eigenvalue weighted by atomic mass is 35.5. The largest absolute Gasteiger partial charge is 0.341 e. The summed E-state index contributed by atoms with van der Waals surface area (Å²) in [6.45, 7) is 1.53. The molecule has 1 unspecified atom stereocenters. The molecular formula is C12H17ClN2O. The number of rotatable bonds is 2. The molecule has 0 spiro atoms. The minimum absolute atomic E-state index is 0. The topological polar surface area (TPSA) is 46.3 Å². The maximum atomic E-state index is 11.8. The van der Waals surface area contributed by atoms with E-state index in [0.717, 1.165) is 18.5 Å². The standard InChI is InChI=1S/C12H16N2O.ClH/c13-11-6-7-14(9-11)12(15)8-10-4-2-1-3-5-10;/h1-5,11H,6-9,13H2;1H. The summed E-state index contributed by atoms with van der Waals surface area (Å²) in [7, 11) is 0. The summed E-state index contributed by atoms with van der Waals surface area (Å²) in [4.78, 5) is 13.7. The van der Waals surface area contributed by atoms with Gasteiger partial charge >= 0.3 is 0 Å². The highest BCUT2D eigenvalue weighted by Gasteiger charge is 2.23. The van der Waals surface area contributed by atoms with Gasteiger partial charge in [-0.3, -0.25) is 4.79 Å². The van der Waals surface area contributed by atoms with Crippen molar-refractivity contribution in [2.24, 2.45) is 5.73 Å². The minimum atomic E-state index is 0. The molecule has 1 saturated heterocycles. The SMILES string of the molecule is Cl.NC1CCN(C(=O)Cc2ccccc2)C1. The van der Waals surface area contributed by atoms with E-state index in [0.29, 0.717) is 13.0 Å². The van der Waals surface area contributed by atoms with Gasteiger partial charge in [0.05, 0.1) is 6.42 Å². The molecule has 0 radical (unpaired) electrons. The molecule has 2 N–H and O–H groups in total. The molecule has 4 heteroatoms. The lowest BCUT2D eigenvalue weighted by molar-refractivity contribution is -0.129. The van der Waals surface area contributed by atoms with Crippen molar-refractivity contribution in [1.82, 2.24) is 4.90 Å². The molecule has 1 aromatic carbocycles. The van der Waals surface area contributed by atoms with Crippen molar-refractivity contribution in [3.63, 3.8) is 0 Å². The zero-order chi connectivity index (χ0) is 10.7. The summed E-state index contributed by atoms with van der Waals surface area (Å²) in [5.41, 5.74) is 6.83. The Morgan fingerprint density at radius 1 is 1.38 bits per heavy atom. The van der Waals surface area contributed by atoms with E-state index in [9.17, 15) is 4.79 Å². The van der Waals surface area contributed by atoms with Crippen LogP contribution in [0.2, 0.25) is 0 Å². The monoisotopic (exact) mass is 240 g/mol. The second kappa shape index (κ2) is 5.87. The van der Waals surface area contributed by atoms with Crippen molar-refractivity contribution in [3.05, 3.63) is 35.9 Å². The molecule has 1 aliphatic rings. The Morgan fingerprint density at radius 2 is 2.06 bits per heavy atom. The van der Waals surface area contributed by atoms with E-state index >= 15 is 0 Å². The lowest BCUT2D eigenvalue weighted by atomic mass is 10.1. The normalized spacial score (nSPS) is 19.3. The highest BCUT2D eigenvalue weighted by molar-refractivity contribution is 5.85. The summed E-state index contributed by atoms with van der Waals surface area (Å²) < 4.78 is 0. The van der Waals surface area contributed by atoms with Crippen LogP contribution in [0.3, 0.4) is 0 Å². The third kappa shape index (κ3) is 3.22. The van der Waals surface area contributed by atoms with Gasteiger partial charge in [-0.25, -0.2) is 0 Å². The van der Waals surface area contributed by atoms with E-state index in [2.05, 4.69) is 0 Å². The average Bonchev–Trinajstić information content (AvgIpc) is 2.66. The maximum Gasteiger partial charge on any atom is 0.227 e. The molecule has 16 heavy (non-hydrogen) atoms. The number of halogens is 1. The van der Waals surface area contributed by atoms with Gasteiger partial charge < -0.3 is 10.6 Å². The summed E-state index contributed by atoms with van der Waals surface area (Å²) >= 11 is 0. The fourth-order valence-corrected chi connectivity index (χ4v) is 1.90. The summed E-state index contributed by atoms with van der Waals surface area (Å²) in [5, 5.41) is 0. The Hall–Kier alpha value is -1.06. The van der Waals surface area contributed by atoms with Crippen LogP contribution in [0.25, 0.3) is 0 Å². The summed E-state index contributed by atoms with van der Waals surface area (Å²) in [6.07, 6.45) is 1.42. The third-order valence-electron chi connectivity index (χ3n) is 2.78. The zero-order valence-corrected chi connectivity index (χ0v) is 9.95. The number of likely N-dealkylation sites (tertiary alicyclic amines) is 1. The first-order chi connectivity index (χ1) is 7.25. The molecule has 1 aliphatic heterocycles. The van der Waals surface area contributed by atoms with Crippen molar-refractivity contribution in [1.29, 1.82) is 0 Å². The van der Waals surface area contributed by atoms with Crippen LogP contribution in [0.4, 0.5) is 0 Å². The van der Waals surface area contributed by atoms with Gasteiger partial charge in [0.15, 0.2) is 0 Å². The maximum absolute atomic E-state index is 11.8. The van der Waals surface area contributed by atoms with E-state index in [1.165, 1.54) is 0 Å². The first-order valence-corrected chi connectivity index (χ1v) is 5.33. The van der Waals surface area contributed by atoms with E-state index < -0.39 is 0 Å². The van der Waals surface area contributed by atoms with Crippen molar-refractivity contribution >= 4 is 18.3 Å². The van der Waals surface area contributed by atoms with Gasteiger partial charge in [-0.05, 0) is 12.0 Å². The molecular weight excluding hydrogens is 224 g/mol. The van der Waals surface area contributed by atoms with Gasteiger partial charge in [-0.15, -0.1) is 12.4 Å². The molecule has 2 rings (SSSR count). The quantitative estimate of drug-likeness (QED) is 0.845. The number of benzene rings is 1. The molecule has 1 fully saturated rings. The van der Waals surface area contributed by atoms with Crippen LogP contribution in [-0.2, 0) is 11.2 Å². The van der Waals surface area contributed by atoms with Gasteiger partial charge in [0.1, 0.15) is 0 Å². The molecule has 3 nitrogen and oxygen atoms in total. The predicted octanol–water partition coefficient (Wildman–Crippen LogP) is 1.21. The fraction of sp³-hybridized carbons (Fsp3) is 0.417. The van der Waals surface area contributed by atoms with Gasteiger partial charge in [0.2, 0.25) is 5.91 Å². The van der Waals surface area contributed by atoms with Gasteiger partial charge in [-0.2, -0.15) is 0 Å². The molecule has 0 aromatic heterocycles. The Balaban J connectivity index is 0.00000128. The Bertz CT molecular complexity index is 342. The van der Waals surface area contributed by atoms with Crippen LogP contribution in [-0.4, -0.2) is 29.9 Å². The van der Waals surface area contributed by atoms with E-state index in [4.69, 9.17) is 5.73 Å². The second-order valence-electron chi connectivity index (χ2n) is 4.05. The number of hydrogen-bond acceptors (Lipinski definition) is 2. The van der Waals surface area contributed by atoms with Crippen LogP contribution >= 0.6 is 12.4 Å². The molecule has 88 valence electrons. The van der Waals surface area contributed by atoms with Crippen LogP contribution < -0.4 is 5.73 Å². The number of carbonyl (C=O) groups excluding carboxylic acids is 1. The van der Waals surface area contributed by atoms with Crippen molar-refractivity contribution < 1.29 is 4.79 Å². The number of amides is 1. The fourth-order valence-electron chi connectivity index (χ4n) is 1.90. The van der Waals surface area contributed by atoms with Crippen molar-refractivity contribution in [2.45, 2.75) is 18.9 Å². The Labute approximate surface area is 102 Å². The Kier molecular flexibility index (Phi) is 4.77. The number of carbonyl (C=O) groups is 1. The number of hydrogen-bond donors (Lipinski definition) is 1. The first-order valence-electron chi connectivity index (χ1n) is 5.33. The highest BCUT2D eigenvalue weighted by Crippen LogP contribution is 2.10. The molecule has 0 bridgehead atoms. The van der Waals surface area contributed by atoms with E-state index in [1.54, 1.807) is 0 Å². The molecule has 0 saturated carbocycles. The van der Waals surface area contributed by atoms with Gasteiger partial charge in [0.25, 0.3) is 0 Å². The first kappa shape index (κ1) is 13.0. The van der Waals surface area contributed by atoms with Crippen LogP contribution in [0.15, 0.2) is 30.3 Å². The molecule has 1 heterocycles. The summed E-state index contributed by atoms with van der Waals surface area (Å²) in [6, 6.07) is 10.0. The molecule has 1 amide bonds. The van der Waals surface area contributed by atoms with Crippen LogP contribution in [0.1, 0.15) is 12.0 Å². The predicted molar refractivity (Wildman–Crippen MR) is 66.6 cm³/mol. The van der Waals surface area contributed by atoms with E-state index in [1.807, 2.05) is 35.2 Å². The lowest BCUT2D eigenvalue weighted by Crippen LogP contribution is -2.32. The smallest absolute Gasteiger partial charge is 0.227 e. The second-order valence-corrected chi connectivity index (χ2v) is 4.05. The van der Waals surface area contributed by atoms with Crippen LogP contribution in [0.5, 0.6) is 0 Å². The lowest BCUT2D eigenvalue weighted by Gasteiger charge is -2.15.